The second kappa shape index (κ2) is 4.65. The summed E-state index contributed by atoms with van der Waals surface area (Å²) in [5, 5.41) is 8.27. The van der Waals surface area contributed by atoms with E-state index in [9.17, 15) is 0 Å². The topological polar surface area (TPSA) is 66.0 Å². The molecule has 0 aliphatic rings. The Morgan fingerprint density at radius 1 is 1.29 bits per heavy atom. The highest BCUT2D eigenvalue weighted by molar-refractivity contribution is 5.30. The Bertz CT molecular complexity index is 478. The van der Waals surface area contributed by atoms with Crippen LogP contribution in [0.25, 0.3) is 5.69 Å². The fourth-order valence-corrected chi connectivity index (χ4v) is 1.56. The predicted octanol–water partition coefficient (Wildman–Crippen LogP) is 1.44. The van der Waals surface area contributed by atoms with Gasteiger partial charge in [-0.3, -0.25) is 0 Å². The van der Waals surface area contributed by atoms with Crippen LogP contribution in [0.4, 0.5) is 0 Å². The Morgan fingerprint density at radius 3 is 2.65 bits per heavy atom. The van der Waals surface area contributed by atoms with E-state index >= 15 is 0 Å². The van der Waals surface area contributed by atoms with Crippen molar-refractivity contribution in [1.82, 2.24) is 15.0 Å². The van der Waals surface area contributed by atoms with E-state index in [-0.39, 0.29) is 5.41 Å². The van der Waals surface area contributed by atoms with Crippen LogP contribution in [0.1, 0.15) is 19.5 Å². The van der Waals surface area contributed by atoms with Gasteiger partial charge < -0.3 is 4.84 Å². The number of nitrogens with zero attached hydrogens (tertiary/aromatic N) is 3. The van der Waals surface area contributed by atoms with Crippen molar-refractivity contribution in [3.8, 4) is 5.69 Å². The van der Waals surface area contributed by atoms with Crippen molar-refractivity contribution in [2.24, 2.45) is 5.90 Å². The van der Waals surface area contributed by atoms with Crippen molar-refractivity contribution in [2.45, 2.75) is 19.3 Å². The second-order valence-electron chi connectivity index (χ2n) is 4.58. The van der Waals surface area contributed by atoms with Crippen LogP contribution in [0.2, 0.25) is 0 Å². The summed E-state index contributed by atoms with van der Waals surface area (Å²) < 4.78 is 1.74. The van der Waals surface area contributed by atoms with E-state index in [1.54, 1.807) is 4.68 Å². The van der Waals surface area contributed by atoms with Crippen LogP contribution in [-0.4, -0.2) is 21.6 Å². The average molecular weight is 232 g/mol. The molecule has 2 N–H and O–H groups in total. The van der Waals surface area contributed by atoms with Crippen molar-refractivity contribution in [2.75, 3.05) is 6.61 Å². The quantitative estimate of drug-likeness (QED) is 0.810. The highest BCUT2D eigenvalue weighted by Gasteiger charge is 2.24. The van der Waals surface area contributed by atoms with Gasteiger partial charge in [0.25, 0.3) is 0 Å². The molecule has 5 heteroatoms. The monoisotopic (exact) mass is 232 g/mol. The number of nitrogens with two attached hydrogens (primary N) is 1. The third-order valence-corrected chi connectivity index (χ3v) is 2.65. The maximum atomic E-state index is 5.11. The molecule has 0 fully saturated rings. The van der Waals surface area contributed by atoms with Gasteiger partial charge in [0.05, 0.1) is 24.2 Å². The lowest BCUT2D eigenvalue weighted by molar-refractivity contribution is 0.0949. The van der Waals surface area contributed by atoms with E-state index in [1.807, 2.05) is 50.4 Å². The van der Waals surface area contributed by atoms with E-state index < -0.39 is 0 Å². The normalized spacial score (nSPS) is 11.7. The molecular formula is C12H16N4O. The van der Waals surface area contributed by atoms with Crippen LogP contribution in [0.3, 0.4) is 0 Å². The molecule has 17 heavy (non-hydrogen) atoms. The molecule has 0 saturated heterocycles. The van der Waals surface area contributed by atoms with Gasteiger partial charge in [-0.05, 0) is 12.1 Å². The smallest absolute Gasteiger partial charge is 0.0911 e. The SMILES string of the molecule is CC(C)(CON)c1cn(-c2ccccc2)nn1. The molecule has 5 nitrogen and oxygen atoms in total. The van der Waals surface area contributed by atoms with Gasteiger partial charge in [0, 0.05) is 5.41 Å². The van der Waals surface area contributed by atoms with E-state index in [0.717, 1.165) is 11.4 Å². The minimum absolute atomic E-state index is 0.248. The fraction of sp³-hybridized carbons (Fsp3) is 0.333. The fourth-order valence-electron chi connectivity index (χ4n) is 1.56. The van der Waals surface area contributed by atoms with Crippen LogP contribution in [0.15, 0.2) is 36.5 Å². The van der Waals surface area contributed by atoms with Gasteiger partial charge in [-0.15, -0.1) is 5.10 Å². The lowest BCUT2D eigenvalue weighted by Crippen LogP contribution is -2.26. The molecule has 1 aromatic heterocycles. The Morgan fingerprint density at radius 2 is 2.00 bits per heavy atom. The summed E-state index contributed by atoms with van der Waals surface area (Å²) in [7, 11) is 0. The minimum atomic E-state index is -0.248. The molecule has 0 aliphatic heterocycles. The van der Waals surface area contributed by atoms with E-state index in [4.69, 9.17) is 10.7 Å². The van der Waals surface area contributed by atoms with Crippen LogP contribution < -0.4 is 5.90 Å². The average Bonchev–Trinajstić information content (AvgIpc) is 2.80. The van der Waals surface area contributed by atoms with Crippen molar-refractivity contribution in [3.05, 3.63) is 42.2 Å². The lowest BCUT2D eigenvalue weighted by atomic mass is 9.91. The van der Waals surface area contributed by atoms with Crippen LogP contribution in [-0.2, 0) is 10.3 Å². The summed E-state index contributed by atoms with van der Waals surface area (Å²) in [6.07, 6.45) is 1.90. The van der Waals surface area contributed by atoms with E-state index in [1.165, 1.54) is 0 Å². The summed E-state index contributed by atoms with van der Waals surface area (Å²) in [6.45, 7) is 4.43. The van der Waals surface area contributed by atoms with Gasteiger partial charge in [0.15, 0.2) is 0 Å². The Balaban J connectivity index is 2.28. The zero-order valence-electron chi connectivity index (χ0n) is 10.00. The number of hydrogen-bond acceptors (Lipinski definition) is 4. The standard InChI is InChI=1S/C12H16N4O/c1-12(2,9-17-13)11-8-16(15-14-11)10-6-4-3-5-7-10/h3-8H,9,13H2,1-2H3. The summed E-state index contributed by atoms with van der Waals surface area (Å²) >= 11 is 0. The molecule has 2 aromatic rings. The van der Waals surface area contributed by atoms with Crippen LogP contribution in [0.5, 0.6) is 0 Å². The lowest BCUT2D eigenvalue weighted by Gasteiger charge is -2.19. The number of para-hydroxylation sites is 1. The van der Waals surface area contributed by atoms with Gasteiger partial charge in [-0.2, -0.15) is 0 Å². The number of rotatable bonds is 4. The number of benzene rings is 1. The first kappa shape index (κ1) is 11.8. The highest BCUT2D eigenvalue weighted by Crippen LogP contribution is 2.21. The Kier molecular flexibility index (Phi) is 3.21. The summed E-state index contributed by atoms with van der Waals surface area (Å²) in [5.74, 6) is 5.11. The zero-order chi connectivity index (χ0) is 12.3. The molecule has 0 amide bonds. The van der Waals surface area contributed by atoms with Gasteiger partial charge in [0.2, 0.25) is 0 Å². The first-order valence-electron chi connectivity index (χ1n) is 5.43. The van der Waals surface area contributed by atoms with Crippen molar-refractivity contribution >= 4 is 0 Å². The van der Waals surface area contributed by atoms with Gasteiger partial charge in [0.1, 0.15) is 0 Å². The Hall–Kier alpha value is -1.72. The summed E-state index contributed by atoms with van der Waals surface area (Å²) in [5.41, 5.74) is 1.59. The molecule has 2 rings (SSSR count). The molecular weight excluding hydrogens is 216 g/mol. The molecule has 0 spiro atoms. The van der Waals surface area contributed by atoms with Crippen LogP contribution >= 0.6 is 0 Å². The molecule has 0 unspecified atom stereocenters. The molecule has 1 aromatic carbocycles. The van der Waals surface area contributed by atoms with Gasteiger partial charge in [-0.1, -0.05) is 37.3 Å². The van der Waals surface area contributed by atoms with Gasteiger partial charge in [-0.25, -0.2) is 10.6 Å². The molecule has 1 heterocycles. The maximum absolute atomic E-state index is 5.11. The third-order valence-electron chi connectivity index (χ3n) is 2.65. The van der Waals surface area contributed by atoms with Crippen molar-refractivity contribution < 1.29 is 4.84 Å². The molecule has 0 atom stereocenters. The minimum Gasteiger partial charge on any atom is -0.304 e. The molecule has 0 aliphatic carbocycles. The highest BCUT2D eigenvalue weighted by atomic mass is 16.6. The van der Waals surface area contributed by atoms with Gasteiger partial charge >= 0.3 is 0 Å². The molecule has 0 radical (unpaired) electrons. The predicted molar refractivity (Wildman–Crippen MR) is 64.5 cm³/mol. The molecule has 90 valence electrons. The van der Waals surface area contributed by atoms with Crippen molar-refractivity contribution in [3.63, 3.8) is 0 Å². The largest absolute Gasteiger partial charge is 0.304 e. The van der Waals surface area contributed by atoms with E-state index in [0.29, 0.717) is 6.61 Å². The summed E-state index contributed by atoms with van der Waals surface area (Å²) in [6, 6.07) is 9.85. The first-order valence-corrected chi connectivity index (χ1v) is 5.43. The van der Waals surface area contributed by atoms with E-state index in [2.05, 4.69) is 10.3 Å². The third kappa shape index (κ3) is 2.51. The van der Waals surface area contributed by atoms with Crippen molar-refractivity contribution in [1.29, 1.82) is 0 Å². The summed E-state index contributed by atoms with van der Waals surface area (Å²) in [4.78, 5) is 4.70. The molecule has 0 bridgehead atoms. The maximum Gasteiger partial charge on any atom is 0.0911 e. The first-order chi connectivity index (χ1) is 8.13. The Labute approximate surface area is 100 Å². The van der Waals surface area contributed by atoms with Crippen LogP contribution in [0, 0.1) is 0 Å². The molecule has 0 saturated carbocycles. The number of hydrogen-bond donors (Lipinski definition) is 1. The number of aromatic nitrogens is 3. The zero-order valence-corrected chi connectivity index (χ0v) is 10.00. The second-order valence-corrected chi connectivity index (χ2v) is 4.58.